The largest absolute Gasteiger partial charge is 0.334 e. The molecule has 1 amide bonds. The van der Waals surface area contributed by atoms with E-state index < -0.39 is 5.82 Å². The topological polar surface area (TPSA) is 90.0 Å². The summed E-state index contributed by atoms with van der Waals surface area (Å²) in [7, 11) is 0. The number of nitrogens with two attached hydrogens (primary N) is 1. The van der Waals surface area contributed by atoms with E-state index in [2.05, 4.69) is 10.3 Å². The van der Waals surface area contributed by atoms with Crippen LogP contribution in [0.4, 0.5) is 10.1 Å². The van der Waals surface area contributed by atoms with Gasteiger partial charge in [0.05, 0.1) is 16.2 Å². The highest BCUT2D eigenvalue weighted by atomic mass is 35.5. The van der Waals surface area contributed by atoms with E-state index in [9.17, 15) is 14.0 Å². The van der Waals surface area contributed by atoms with Gasteiger partial charge in [-0.2, -0.15) is 0 Å². The molecule has 0 saturated heterocycles. The minimum Gasteiger partial charge on any atom is -0.334 e. The molecule has 6 nitrogen and oxygen atoms in total. The Morgan fingerprint density at radius 3 is 2.77 bits per heavy atom. The van der Waals surface area contributed by atoms with E-state index in [-0.39, 0.29) is 27.4 Å². The van der Waals surface area contributed by atoms with E-state index in [1.807, 2.05) is 35.7 Å². The number of anilines is 1. The Bertz CT molecular complexity index is 1310. The van der Waals surface area contributed by atoms with Gasteiger partial charge in [-0.3, -0.25) is 9.59 Å². The number of hydrogen-bond donors (Lipinski definition) is 2. The average molecular weight is 461 g/mol. The number of carbonyl (C=O) groups excluding carboxylic acids is 1. The lowest BCUT2D eigenvalue weighted by Crippen LogP contribution is -2.30. The summed E-state index contributed by atoms with van der Waals surface area (Å²) in [5.41, 5.74) is 1.66. The van der Waals surface area contributed by atoms with Crippen LogP contribution in [0.1, 0.15) is 0 Å². The van der Waals surface area contributed by atoms with Crippen molar-refractivity contribution in [3.63, 3.8) is 0 Å². The molecule has 152 valence electrons. The number of rotatable bonds is 5. The minimum atomic E-state index is -0.570. The van der Waals surface area contributed by atoms with Crippen LogP contribution in [0.5, 0.6) is 0 Å². The fraction of sp³-hybridized carbons (Fsp3) is 0.0500. The van der Waals surface area contributed by atoms with Crippen LogP contribution in [0.25, 0.3) is 21.3 Å². The maximum absolute atomic E-state index is 13.2. The van der Waals surface area contributed by atoms with Crippen molar-refractivity contribution < 1.29 is 9.18 Å². The molecule has 2 aromatic carbocycles. The molecule has 0 spiro atoms. The third-order valence-electron chi connectivity index (χ3n) is 4.23. The van der Waals surface area contributed by atoms with Gasteiger partial charge in [0.2, 0.25) is 5.91 Å². The Labute approximate surface area is 183 Å². The predicted octanol–water partition coefficient (Wildman–Crippen LogP) is 4.36. The summed E-state index contributed by atoms with van der Waals surface area (Å²) in [5.74, 6) is 4.99. The number of benzene rings is 2. The molecule has 0 fully saturated rings. The molecule has 0 saturated carbocycles. The van der Waals surface area contributed by atoms with Gasteiger partial charge in [0.15, 0.2) is 5.16 Å². The standard InChI is InChI=1S/C20H14ClFN4O2S2/c21-14-8-12(6-7-15(14)22)24-16(27)10-30-20-25-18-17(19(28)26(20)23)13(9-29-18)11-4-2-1-3-5-11/h1-9H,10,23H2,(H,24,27). The molecule has 2 aromatic heterocycles. The number of aromatic nitrogens is 2. The maximum atomic E-state index is 13.2. The zero-order valence-corrected chi connectivity index (χ0v) is 17.7. The van der Waals surface area contributed by atoms with Gasteiger partial charge >= 0.3 is 0 Å². The predicted molar refractivity (Wildman–Crippen MR) is 120 cm³/mol. The molecule has 0 aliphatic heterocycles. The second-order valence-corrected chi connectivity index (χ2v) is 8.44. The summed E-state index contributed by atoms with van der Waals surface area (Å²) in [6.07, 6.45) is 0. The molecule has 30 heavy (non-hydrogen) atoms. The van der Waals surface area contributed by atoms with Gasteiger partial charge in [-0.05, 0) is 23.8 Å². The van der Waals surface area contributed by atoms with Gasteiger partial charge in [0, 0.05) is 16.6 Å². The highest BCUT2D eigenvalue weighted by molar-refractivity contribution is 7.99. The van der Waals surface area contributed by atoms with Crippen LogP contribution in [-0.2, 0) is 4.79 Å². The van der Waals surface area contributed by atoms with Crippen molar-refractivity contribution in [2.24, 2.45) is 0 Å². The van der Waals surface area contributed by atoms with Crippen molar-refractivity contribution >= 4 is 56.5 Å². The zero-order valence-electron chi connectivity index (χ0n) is 15.3. The van der Waals surface area contributed by atoms with Gasteiger partial charge < -0.3 is 11.2 Å². The summed E-state index contributed by atoms with van der Waals surface area (Å²) in [5, 5.41) is 5.07. The number of fused-ring (bicyclic) bond motifs is 1. The van der Waals surface area contributed by atoms with E-state index in [1.54, 1.807) is 0 Å². The molecule has 0 unspecified atom stereocenters. The van der Waals surface area contributed by atoms with Gasteiger partial charge in [-0.25, -0.2) is 14.1 Å². The molecule has 0 bridgehead atoms. The van der Waals surface area contributed by atoms with Crippen LogP contribution in [0.15, 0.2) is 63.9 Å². The van der Waals surface area contributed by atoms with E-state index in [0.29, 0.717) is 15.9 Å². The molecule has 0 aliphatic carbocycles. The van der Waals surface area contributed by atoms with E-state index >= 15 is 0 Å². The first-order valence-corrected chi connectivity index (χ1v) is 10.9. The Morgan fingerprint density at radius 2 is 2.03 bits per heavy atom. The van der Waals surface area contributed by atoms with Crippen molar-refractivity contribution in [3.8, 4) is 11.1 Å². The number of nitrogens with one attached hydrogen (secondary N) is 1. The Kier molecular flexibility index (Phi) is 5.76. The SMILES string of the molecule is Nn1c(SCC(=O)Nc2ccc(F)c(Cl)c2)nc2scc(-c3ccccc3)c2c1=O. The van der Waals surface area contributed by atoms with Crippen molar-refractivity contribution in [1.82, 2.24) is 9.66 Å². The number of thioether (sulfide) groups is 1. The summed E-state index contributed by atoms with van der Waals surface area (Å²) in [6, 6.07) is 13.4. The fourth-order valence-corrected chi connectivity index (χ4v) is 4.70. The quantitative estimate of drug-likeness (QED) is 0.262. The molecule has 0 aliphatic rings. The highest BCUT2D eigenvalue weighted by Gasteiger charge is 2.17. The molecular weight excluding hydrogens is 447 g/mol. The van der Waals surface area contributed by atoms with Gasteiger partial charge in [-0.1, -0.05) is 53.7 Å². The van der Waals surface area contributed by atoms with Crippen molar-refractivity contribution in [2.45, 2.75) is 5.16 Å². The summed E-state index contributed by atoms with van der Waals surface area (Å²) >= 11 is 8.09. The van der Waals surface area contributed by atoms with Crippen LogP contribution in [0.3, 0.4) is 0 Å². The summed E-state index contributed by atoms with van der Waals surface area (Å²) in [4.78, 5) is 30.1. The third-order valence-corrected chi connectivity index (χ3v) is 6.34. The zero-order chi connectivity index (χ0) is 21.3. The Hall–Kier alpha value is -2.88. The number of carbonyl (C=O) groups is 1. The number of nitrogens with zero attached hydrogens (tertiary/aromatic N) is 2. The van der Waals surface area contributed by atoms with Gasteiger partial charge in [0.25, 0.3) is 5.56 Å². The minimum absolute atomic E-state index is 0.0406. The molecule has 10 heteroatoms. The number of halogens is 2. The molecule has 4 aromatic rings. The highest BCUT2D eigenvalue weighted by Crippen LogP contribution is 2.31. The second-order valence-electron chi connectivity index (χ2n) is 6.23. The Balaban J connectivity index is 1.55. The lowest BCUT2D eigenvalue weighted by molar-refractivity contribution is -0.113. The first-order chi connectivity index (χ1) is 14.4. The number of nitrogen functional groups attached to an aromatic ring is 1. The van der Waals surface area contributed by atoms with Crippen LogP contribution >= 0.6 is 34.7 Å². The van der Waals surface area contributed by atoms with Crippen LogP contribution in [0.2, 0.25) is 5.02 Å². The van der Waals surface area contributed by atoms with Crippen LogP contribution in [0, 0.1) is 5.82 Å². The maximum Gasteiger partial charge on any atom is 0.282 e. The lowest BCUT2D eigenvalue weighted by Gasteiger charge is -2.08. The number of thiophene rings is 1. The monoisotopic (exact) mass is 460 g/mol. The van der Waals surface area contributed by atoms with Crippen molar-refractivity contribution in [3.05, 3.63) is 75.1 Å². The van der Waals surface area contributed by atoms with Crippen LogP contribution in [-0.4, -0.2) is 21.3 Å². The molecule has 0 radical (unpaired) electrons. The van der Waals surface area contributed by atoms with Gasteiger partial charge in [-0.15, -0.1) is 11.3 Å². The number of amides is 1. The molecule has 3 N–H and O–H groups in total. The second kappa shape index (κ2) is 8.47. The molecule has 4 rings (SSSR count). The lowest BCUT2D eigenvalue weighted by atomic mass is 10.1. The van der Waals surface area contributed by atoms with Crippen molar-refractivity contribution in [1.29, 1.82) is 0 Å². The van der Waals surface area contributed by atoms with Gasteiger partial charge in [0.1, 0.15) is 10.6 Å². The average Bonchev–Trinajstić information content (AvgIpc) is 3.17. The van der Waals surface area contributed by atoms with E-state index in [0.717, 1.165) is 27.6 Å². The smallest absolute Gasteiger partial charge is 0.282 e. The summed E-state index contributed by atoms with van der Waals surface area (Å²) < 4.78 is 14.2. The number of hydrogen-bond acceptors (Lipinski definition) is 6. The third kappa shape index (κ3) is 4.04. The summed E-state index contributed by atoms with van der Waals surface area (Å²) in [6.45, 7) is 0. The van der Waals surface area contributed by atoms with Crippen LogP contribution < -0.4 is 16.7 Å². The first kappa shape index (κ1) is 20.4. The molecule has 0 atom stereocenters. The van der Waals surface area contributed by atoms with Crippen molar-refractivity contribution in [2.75, 3.05) is 16.9 Å². The molecular formula is C20H14ClFN4O2S2. The fourth-order valence-electron chi connectivity index (χ4n) is 2.82. The molecule has 2 heterocycles. The Morgan fingerprint density at radius 1 is 1.27 bits per heavy atom. The van der Waals surface area contributed by atoms with E-state index in [4.69, 9.17) is 17.4 Å². The van der Waals surface area contributed by atoms with E-state index in [1.165, 1.54) is 29.5 Å². The first-order valence-electron chi connectivity index (χ1n) is 8.66. The normalized spacial score (nSPS) is 11.0.